The van der Waals surface area contributed by atoms with Gasteiger partial charge in [0.1, 0.15) is 12.3 Å². The van der Waals surface area contributed by atoms with Gasteiger partial charge in [-0.3, -0.25) is 14.6 Å². The van der Waals surface area contributed by atoms with E-state index in [-0.39, 0.29) is 18.2 Å². The SMILES string of the molecule is COC1=N[C@@H](N2CCOCC2)[C@H](N2CCOCC2)N1C(=O)c1ccccc1. The van der Waals surface area contributed by atoms with E-state index in [0.29, 0.717) is 38.0 Å². The monoisotopic (exact) mass is 374 g/mol. The molecule has 0 aliphatic carbocycles. The standard InChI is InChI=1S/C19H26N4O4/c1-25-19-20-16(21-7-11-26-12-8-21)17(22-9-13-27-14-10-22)23(19)18(24)15-5-3-2-4-6-15/h2-6,16-17H,7-14H2,1H3/t16-,17+/m0/s1. The fourth-order valence-electron chi connectivity index (χ4n) is 3.87. The van der Waals surface area contributed by atoms with E-state index >= 15 is 0 Å². The van der Waals surface area contributed by atoms with Gasteiger partial charge in [0.05, 0.1) is 33.5 Å². The van der Waals surface area contributed by atoms with Crippen molar-refractivity contribution in [2.75, 3.05) is 59.7 Å². The Labute approximate surface area is 159 Å². The smallest absolute Gasteiger partial charge is 0.297 e. The largest absolute Gasteiger partial charge is 0.468 e. The van der Waals surface area contributed by atoms with E-state index < -0.39 is 0 Å². The van der Waals surface area contributed by atoms with Crippen LogP contribution in [0.15, 0.2) is 35.3 Å². The Morgan fingerprint density at radius 3 is 2.19 bits per heavy atom. The summed E-state index contributed by atoms with van der Waals surface area (Å²) in [4.78, 5) is 24.4. The lowest BCUT2D eigenvalue weighted by molar-refractivity contribution is -0.0535. The molecule has 1 aromatic carbocycles. The van der Waals surface area contributed by atoms with E-state index in [2.05, 4.69) is 9.80 Å². The maximum Gasteiger partial charge on any atom is 0.297 e. The van der Waals surface area contributed by atoms with Crippen LogP contribution in [0.4, 0.5) is 0 Å². The van der Waals surface area contributed by atoms with Crippen LogP contribution in [0.2, 0.25) is 0 Å². The third kappa shape index (κ3) is 3.70. The zero-order valence-electron chi connectivity index (χ0n) is 15.6. The molecule has 27 heavy (non-hydrogen) atoms. The van der Waals surface area contributed by atoms with Crippen molar-refractivity contribution in [1.82, 2.24) is 14.7 Å². The zero-order chi connectivity index (χ0) is 18.6. The van der Waals surface area contributed by atoms with Gasteiger partial charge in [-0.05, 0) is 12.1 Å². The molecular formula is C19H26N4O4. The van der Waals surface area contributed by atoms with E-state index in [9.17, 15) is 4.79 Å². The molecule has 0 N–H and O–H groups in total. The van der Waals surface area contributed by atoms with Crippen LogP contribution < -0.4 is 0 Å². The van der Waals surface area contributed by atoms with Crippen molar-refractivity contribution in [2.24, 2.45) is 4.99 Å². The average Bonchev–Trinajstić information content (AvgIpc) is 3.15. The van der Waals surface area contributed by atoms with Crippen LogP contribution >= 0.6 is 0 Å². The molecule has 146 valence electrons. The minimum atomic E-state index is -0.213. The van der Waals surface area contributed by atoms with Gasteiger partial charge in [0.2, 0.25) is 0 Å². The molecule has 2 fully saturated rings. The number of aliphatic imine (C=N–C) groups is 1. The summed E-state index contributed by atoms with van der Waals surface area (Å²) in [7, 11) is 1.57. The van der Waals surface area contributed by atoms with Gasteiger partial charge in [-0.1, -0.05) is 18.2 Å². The maximum atomic E-state index is 13.4. The molecule has 0 saturated carbocycles. The molecule has 1 aromatic rings. The van der Waals surface area contributed by atoms with Gasteiger partial charge in [-0.25, -0.2) is 9.89 Å². The second-order valence-electron chi connectivity index (χ2n) is 6.78. The average molecular weight is 374 g/mol. The predicted octanol–water partition coefficient (Wildman–Crippen LogP) is 0.461. The summed E-state index contributed by atoms with van der Waals surface area (Å²) in [6.45, 7) is 5.77. The Hall–Kier alpha value is -2.00. The Bertz CT molecular complexity index is 672. The third-order valence-corrected chi connectivity index (χ3v) is 5.24. The number of amides is 1. The summed E-state index contributed by atoms with van der Waals surface area (Å²) in [6.07, 6.45) is -0.385. The first kappa shape index (κ1) is 18.4. The topological polar surface area (TPSA) is 66.8 Å². The maximum absolute atomic E-state index is 13.4. The van der Waals surface area contributed by atoms with Crippen molar-refractivity contribution in [3.05, 3.63) is 35.9 Å². The summed E-state index contributed by atoms with van der Waals surface area (Å²) in [5, 5.41) is 0. The number of ether oxygens (including phenoxy) is 3. The second kappa shape index (κ2) is 8.35. The molecule has 2 atom stereocenters. The Morgan fingerprint density at radius 2 is 1.59 bits per heavy atom. The molecule has 4 rings (SSSR count). The van der Waals surface area contributed by atoms with Gasteiger partial charge >= 0.3 is 0 Å². The van der Waals surface area contributed by atoms with Crippen molar-refractivity contribution in [3.8, 4) is 0 Å². The van der Waals surface area contributed by atoms with Crippen LogP contribution in [-0.2, 0) is 14.2 Å². The van der Waals surface area contributed by atoms with Gasteiger partial charge in [-0.15, -0.1) is 0 Å². The molecule has 0 spiro atoms. The van der Waals surface area contributed by atoms with Crippen molar-refractivity contribution < 1.29 is 19.0 Å². The lowest BCUT2D eigenvalue weighted by atomic mass is 10.1. The highest BCUT2D eigenvalue weighted by molar-refractivity contribution is 6.05. The summed E-state index contributed by atoms with van der Waals surface area (Å²) in [6, 6.07) is 9.67. The highest BCUT2D eigenvalue weighted by atomic mass is 16.5. The third-order valence-electron chi connectivity index (χ3n) is 5.24. The summed E-state index contributed by atoms with van der Waals surface area (Å²) < 4.78 is 16.6. The molecule has 3 aliphatic heterocycles. The molecule has 3 heterocycles. The fraction of sp³-hybridized carbons (Fsp3) is 0.579. The number of rotatable bonds is 3. The van der Waals surface area contributed by atoms with Gasteiger partial charge < -0.3 is 14.2 Å². The van der Waals surface area contributed by atoms with Crippen LogP contribution in [0.25, 0.3) is 0 Å². The van der Waals surface area contributed by atoms with Crippen LogP contribution in [0.5, 0.6) is 0 Å². The van der Waals surface area contributed by atoms with Crippen LogP contribution in [0.1, 0.15) is 10.4 Å². The lowest BCUT2D eigenvalue weighted by Gasteiger charge is -2.42. The van der Waals surface area contributed by atoms with E-state index in [1.165, 1.54) is 0 Å². The molecule has 0 aromatic heterocycles. The number of amidine groups is 1. The Kier molecular flexibility index (Phi) is 5.68. The quantitative estimate of drug-likeness (QED) is 0.766. The Morgan fingerprint density at radius 1 is 1.00 bits per heavy atom. The van der Waals surface area contributed by atoms with E-state index in [0.717, 1.165) is 26.2 Å². The van der Waals surface area contributed by atoms with Crippen molar-refractivity contribution in [3.63, 3.8) is 0 Å². The molecular weight excluding hydrogens is 348 g/mol. The number of nitrogens with zero attached hydrogens (tertiary/aromatic N) is 4. The normalized spacial score (nSPS) is 27.4. The molecule has 8 nitrogen and oxygen atoms in total. The van der Waals surface area contributed by atoms with E-state index in [1.54, 1.807) is 12.0 Å². The number of hydrogen-bond acceptors (Lipinski definition) is 7. The summed E-state index contributed by atoms with van der Waals surface area (Å²) >= 11 is 0. The first-order valence-corrected chi connectivity index (χ1v) is 9.43. The highest BCUT2D eigenvalue weighted by Gasteiger charge is 2.47. The minimum Gasteiger partial charge on any atom is -0.468 e. The number of benzene rings is 1. The van der Waals surface area contributed by atoms with Crippen LogP contribution in [-0.4, -0.2) is 98.7 Å². The van der Waals surface area contributed by atoms with Gasteiger partial charge in [-0.2, -0.15) is 0 Å². The zero-order valence-corrected chi connectivity index (χ0v) is 15.6. The highest BCUT2D eigenvalue weighted by Crippen LogP contribution is 2.28. The summed E-state index contributed by atoms with van der Waals surface area (Å²) in [5.74, 6) is -0.0940. The number of methoxy groups -OCH3 is 1. The first-order valence-electron chi connectivity index (χ1n) is 9.43. The molecule has 0 radical (unpaired) electrons. The fourth-order valence-corrected chi connectivity index (χ4v) is 3.87. The molecule has 0 unspecified atom stereocenters. The van der Waals surface area contributed by atoms with Crippen molar-refractivity contribution in [1.29, 1.82) is 0 Å². The number of carbonyl (C=O) groups excluding carboxylic acids is 1. The molecule has 0 bridgehead atoms. The molecule has 3 aliphatic rings. The second-order valence-corrected chi connectivity index (χ2v) is 6.78. The van der Waals surface area contributed by atoms with E-state index in [1.807, 2.05) is 30.3 Å². The predicted molar refractivity (Wildman–Crippen MR) is 99.4 cm³/mol. The minimum absolute atomic E-state index is 0.0940. The first-order chi connectivity index (χ1) is 13.3. The van der Waals surface area contributed by atoms with Crippen LogP contribution in [0, 0.1) is 0 Å². The number of hydrogen-bond donors (Lipinski definition) is 0. The van der Waals surface area contributed by atoms with Crippen molar-refractivity contribution >= 4 is 11.9 Å². The Balaban J connectivity index is 1.67. The molecule has 8 heteroatoms. The van der Waals surface area contributed by atoms with Crippen LogP contribution in [0.3, 0.4) is 0 Å². The number of morpholine rings is 2. The van der Waals surface area contributed by atoms with Gasteiger partial charge in [0.15, 0.2) is 0 Å². The van der Waals surface area contributed by atoms with Gasteiger partial charge in [0, 0.05) is 31.7 Å². The van der Waals surface area contributed by atoms with Gasteiger partial charge in [0.25, 0.3) is 11.9 Å². The molecule has 1 amide bonds. The molecule has 2 saturated heterocycles. The van der Waals surface area contributed by atoms with E-state index in [4.69, 9.17) is 19.2 Å². The summed E-state index contributed by atoms with van der Waals surface area (Å²) in [5.41, 5.74) is 0.628. The number of carbonyl (C=O) groups is 1. The lowest BCUT2D eigenvalue weighted by Crippen LogP contribution is -2.61. The van der Waals surface area contributed by atoms with Crippen molar-refractivity contribution in [2.45, 2.75) is 12.3 Å².